The number of rotatable bonds is 3. The molecular weight excluding hydrogens is 292 g/mol. The fraction of sp³-hybridized carbons (Fsp3) is 0.500. The predicted octanol–water partition coefficient (Wildman–Crippen LogP) is 0.675. The molecule has 0 spiro atoms. The van der Waals surface area contributed by atoms with Crippen molar-refractivity contribution in [1.82, 2.24) is 20.0 Å². The minimum atomic E-state index is -0.874. The average Bonchev–Trinajstić information content (AvgIpc) is 3.26. The number of hydrogen-bond donors (Lipinski definition) is 1. The van der Waals surface area contributed by atoms with Gasteiger partial charge in [0, 0.05) is 18.4 Å². The number of pyridine rings is 1. The molecule has 0 amide bonds. The molecule has 0 radical (unpaired) electrons. The summed E-state index contributed by atoms with van der Waals surface area (Å²) in [5.41, 5.74) is 2.03. The van der Waals surface area contributed by atoms with Crippen molar-refractivity contribution in [3.05, 3.63) is 35.3 Å². The van der Waals surface area contributed by atoms with E-state index in [4.69, 9.17) is 4.98 Å². The quantitative estimate of drug-likeness (QED) is 0.896. The highest BCUT2D eigenvalue weighted by Gasteiger charge is 2.38. The summed E-state index contributed by atoms with van der Waals surface area (Å²) in [5.74, 6) is 0.711. The Balaban J connectivity index is 1.59. The van der Waals surface area contributed by atoms with Crippen molar-refractivity contribution in [3.63, 3.8) is 0 Å². The Bertz CT molecular complexity index is 766. The third kappa shape index (κ3) is 2.55. The lowest BCUT2D eigenvalue weighted by Gasteiger charge is -2.24. The van der Waals surface area contributed by atoms with Gasteiger partial charge in [-0.3, -0.25) is 0 Å². The number of β-amino-alcohol motifs (C(OH)–C–C–N with tert-alkyl or cyclic N) is 1. The second kappa shape index (κ2) is 5.32. The molecule has 1 unspecified atom stereocenters. The summed E-state index contributed by atoms with van der Waals surface area (Å²) in [7, 11) is 0. The first-order valence-electron chi connectivity index (χ1n) is 7.91. The smallest absolute Gasteiger partial charge is 0.146 e. The molecule has 1 fully saturated rings. The van der Waals surface area contributed by atoms with Crippen molar-refractivity contribution in [2.75, 3.05) is 18.0 Å². The van der Waals surface area contributed by atoms with Crippen LogP contribution in [-0.2, 0) is 19.4 Å². The number of aliphatic hydroxyl groups is 1. The fourth-order valence-electron chi connectivity index (χ4n) is 3.57. The summed E-state index contributed by atoms with van der Waals surface area (Å²) >= 11 is 0. The van der Waals surface area contributed by atoms with E-state index >= 15 is 0 Å². The van der Waals surface area contributed by atoms with Gasteiger partial charge >= 0.3 is 0 Å². The van der Waals surface area contributed by atoms with E-state index in [1.165, 1.54) is 5.56 Å². The van der Waals surface area contributed by atoms with Crippen LogP contribution in [0.4, 0.5) is 5.82 Å². The molecular formula is C16H18N6O. The number of hydrogen-bond acceptors (Lipinski definition) is 6. The molecule has 1 saturated heterocycles. The fourth-order valence-corrected chi connectivity index (χ4v) is 3.57. The molecule has 0 bridgehead atoms. The molecule has 4 rings (SSSR count). The minimum Gasteiger partial charge on any atom is -0.386 e. The SMILES string of the molecule is N#Cc1cc2c(nc1N1CCC(O)(Cn3ccnn3)C1)CCC2. The Labute approximate surface area is 134 Å². The summed E-state index contributed by atoms with van der Waals surface area (Å²) in [6.45, 7) is 1.54. The lowest BCUT2D eigenvalue weighted by Crippen LogP contribution is -2.38. The Morgan fingerprint density at radius 3 is 3.09 bits per heavy atom. The topological polar surface area (TPSA) is 90.9 Å². The van der Waals surface area contributed by atoms with Crippen molar-refractivity contribution in [3.8, 4) is 6.07 Å². The van der Waals surface area contributed by atoms with E-state index < -0.39 is 5.60 Å². The van der Waals surface area contributed by atoms with Crippen LogP contribution in [0.15, 0.2) is 18.5 Å². The molecule has 7 nitrogen and oxygen atoms in total. The van der Waals surface area contributed by atoms with Crippen molar-refractivity contribution >= 4 is 5.82 Å². The summed E-state index contributed by atoms with van der Waals surface area (Å²) in [4.78, 5) is 6.75. The number of nitrogens with zero attached hydrogens (tertiary/aromatic N) is 6. The number of fused-ring (bicyclic) bond motifs is 1. The first kappa shape index (κ1) is 14.2. The van der Waals surface area contributed by atoms with Crippen LogP contribution >= 0.6 is 0 Å². The maximum absolute atomic E-state index is 10.8. The van der Waals surface area contributed by atoms with Gasteiger partial charge in [0.05, 0.1) is 24.8 Å². The molecule has 2 aromatic heterocycles. The van der Waals surface area contributed by atoms with E-state index in [0.29, 0.717) is 37.4 Å². The van der Waals surface area contributed by atoms with E-state index in [1.54, 1.807) is 17.1 Å². The third-order valence-electron chi connectivity index (χ3n) is 4.71. The summed E-state index contributed by atoms with van der Waals surface area (Å²) in [6.07, 6.45) is 7.06. The van der Waals surface area contributed by atoms with Crippen LogP contribution in [0, 0.1) is 11.3 Å². The van der Waals surface area contributed by atoms with Gasteiger partial charge in [0.2, 0.25) is 0 Å². The number of aryl methyl sites for hydroxylation is 2. The van der Waals surface area contributed by atoms with E-state index in [0.717, 1.165) is 25.0 Å². The Kier molecular flexibility index (Phi) is 3.27. The van der Waals surface area contributed by atoms with Gasteiger partial charge in [-0.1, -0.05) is 5.21 Å². The molecule has 2 aliphatic rings. The first-order chi connectivity index (χ1) is 11.2. The average molecular weight is 310 g/mol. The highest BCUT2D eigenvalue weighted by Crippen LogP contribution is 2.32. The van der Waals surface area contributed by atoms with Gasteiger partial charge in [-0.05, 0) is 37.3 Å². The second-order valence-corrected chi connectivity index (χ2v) is 6.43. The zero-order valence-corrected chi connectivity index (χ0v) is 12.8. The molecule has 0 saturated carbocycles. The number of anilines is 1. The lowest BCUT2D eigenvalue weighted by molar-refractivity contribution is 0.0408. The largest absolute Gasteiger partial charge is 0.386 e. The molecule has 1 N–H and O–H groups in total. The van der Waals surface area contributed by atoms with Gasteiger partial charge in [-0.2, -0.15) is 5.26 Å². The third-order valence-corrected chi connectivity index (χ3v) is 4.71. The van der Waals surface area contributed by atoms with Crippen LogP contribution in [-0.4, -0.2) is 43.8 Å². The maximum atomic E-state index is 10.8. The van der Waals surface area contributed by atoms with Crippen LogP contribution in [0.5, 0.6) is 0 Å². The highest BCUT2D eigenvalue weighted by atomic mass is 16.3. The normalized spacial score (nSPS) is 23.0. The zero-order valence-electron chi connectivity index (χ0n) is 12.8. The van der Waals surface area contributed by atoms with E-state index in [2.05, 4.69) is 16.4 Å². The molecule has 23 heavy (non-hydrogen) atoms. The Morgan fingerprint density at radius 1 is 1.39 bits per heavy atom. The maximum Gasteiger partial charge on any atom is 0.146 e. The lowest BCUT2D eigenvalue weighted by atomic mass is 10.0. The first-order valence-corrected chi connectivity index (χ1v) is 7.91. The molecule has 1 aliphatic heterocycles. The standard InChI is InChI=1S/C16H18N6O/c17-9-13-8-12-2-1-3-14(12)19-15(13)21-6-4-16(23,10-21)11-22-7-5-18-20-22/h5,7-8,23H,1-4,6,10-11H2. The highest BCUT2D eigenvalue weighted by molar-refractivity contribution is 5.57. The summed E-state index contributed by atoms with van der Waals surface area (Å²) in [6, 6.07) is 4.23. The summed E-state index contributed by atoms with van der Waals surface area (Å²) in [5, 5.41) is 28.0. The molecule has 2 aromatic rings. The van der Waals surface area contributed by atoms with Crippen molar-refractivity contribution in [2.45, 2.75) is 37.8 Å². The van der Waals surface area contributed by atoms with Crippen LogP contribution in [0.1, 0.15) is 29.7 Å². The van der Waals surface area contributed by atoms with Gasteiger partial charge in [0.15, 0.2) is 0 Å². The van der Waals surface area contributed by atoms with E-state index in [9.17, 15) is 10.4 Å². The molecule has 3 heterocycles. The van der Waals surface area contributed by atoms with E-state index in [-0.39, 0.29) is 0 Å². The van der Waals surface area contributed by atoms with Gasteiger partial charge in [-0.15, -0.1) is 5.10 Å². The van der Waals surface area contributed by atoms with Crippen LogP contribution in [0.2, 0.25) is 0 Å². The Morgan fingerprint density at radius 2 is 2.30 bits per heavy atom. The zero-order chi connectivity index (χ0) is 15.9. The minimum absolute atomic E-state index is 0.399. The number of aromatic nitrogens is 4. The molecule has 1 atom stereocenters. The van der Waals surface area contributed by atoms with Crippen molar-refractivity contribution < 1.29 is 5.11 Å². The number of nitriles is 1. The summed E-state index contributed by atoms with van der Waals surface area (Å²) < 4.78 is 1.64. The monoisotopic (exact) mass is 310 g/mol. The predicted molar refractivity (Wildman–Crippen MR) is 82.8 cm³/mol. The van der Waals surface area contributed by atoms with Crippen LogP contribution < -0.4 is 4.90 Å². The van der Waals surface area contributed by atoms with Gasteiger partial charge in [0.25, 0.3) is 0 Å². The van der Waals surface area contributed by atoms with Gasteiger partial charge in [-0.25, -0.2) is 9.67 Å². The van der Waals surface area contributed by atoms with Crippen molar-refractivity contribution in [2.24, 2.45) is 0 Å². The Hall–Kier alpha value is -2.46. The molecule has 1 aliphatic carbocycles. The van der Waals surface area contributed by atoms with Crippen LogP contribution in [0.25, 0.3) is 0 Å². The second-order valence-electron chi connectivity index (χ2n) is 6.43. The van der Waals surface area contributed by atoms with Crippen LogP contribution in [0.3, 0.4) is 0 Å². The molecule has 118 valence electrons. The van der Waals surface area contributed by atoms with Crippen molar-refractivity contribution in [1.29, 1.82) is 5.26 Å². The van der Waals surface area contributed by atoms with E-state index in [1.807, 2.05) is 11.0 Å². The van der Waals surface area contributed by atoms with Gasteiger partial charge in [0.1, 0.15) is 17.5 Å². The molecule has 0 aromatic carbocycles. The molecule has 7 heteroatoms. The van der Waals surface area contributed by atoms with Gasteiger partial charge < -0.3 is 10.0 Å².